The quantitative estimate of drug-likeness (QED) is 0.941. The van der Waals surface area contributed by atoms with Crippen LogP contribution in [0.25, 0.3) is 0 Å². The number of ether oxygens (including phenoxy) is 1. The van der Waals surface area contributed by atoms with Gasteiger partial charge in [-0.2, -0.15) is 0 Å². The maximum absolute atomic E-state index is 5.64. The van der Waals surface area contributed by atoms with Crippen molar-refractivity contribution in [2.75, 3.05) is 12.8 Å². The number of nitrogens with two attached hydrogens (primary N) is 1. The highest BCUT2D eigenvalue weighted by molar-refractivity contribution is 9.10. The number of methoxy groups -OCH3 is 1. The summed E-state index contributed by atoms with van der Waals surface area (Å²) in [4.78, 5) is 5.38. The molecule has 2 N–H and O–H groups in total. The molecule has 0 unspecified atom stereocenters. The summed E-state index contributed by atoms with van der Waals surface area (Å²) in [6.07, 6.45) is 1.65. The average molecular weight is 311 g/mol. The van der Waals surface area contributed by atoms with Crippen molar-refractivity contribution in [1.29, 1.82) is 0 Å². The SMILES string of the molecule is COc1ccc(Sc2ncc(N)cc2Br)cc1. The summed E-state index contributed by atoms with van der Waals surface area (Å²) >= 11 is 5.02. The summed E-state index contributed by atoms with van der Waals surface area (Å²) in [7, 11) is 1.65. The Hall–Kier alpha value is -1.20. The van der Waals surface area contributed by atoms with Crippen LogP contribution in [0.1, 0.15) is 0 Å². The standard InChI is InChI=1S/C12H11BrN2OS/c1-16-9-2-4-10(5-3-9)17-12-11(13)6-8(14)7-15-12/h2-7H,14H2,1H3. The highest BCUT2D eigenvalue weighted by atomic mass is 79.9. The van der Waals surface area contributed by atoms with Crippen molar-refractivity contribution in [3.8, 4) is 5.75 Å². The van der Waals surface area contributed by atoms with E-state index in [2.05, 4.69) is 20.9 Å². The second kappa shape index (κ2) is 5.42. The molecule has 0 radical (unpaired) electrons. The topological polar surface area (TPSA) is 48.1 Å². The molecule has 0 saturated carbocycles. The highest BCUT2D eigenvalue weighted by Gasteiger charge is 2.04. The summed E-state index contributed by atoms with van der Waals surface area (Å²) in [5, 5.41) is 0.893. The van der Waals surface area contributed by atoms with Crippen LogP contribution in [0.4, 0.5) is 5.69 Å². The minimum Gasteiger partial charge on any atom is -0.497 e. The lowest BCUT2D eigenvalue weighted by Crippen LogP contribution is -1.89. The zero-order valence-electron chi connectivity index (χ0n) is 9.18. The van der Waals surface area contributed by atoms with Gasteiger partial charge in [0.05, 0.1) is 23.5 Å². The van der Waals surface area contributed by atoms with E-state index < -0.39 is 0 Å². The molecule has 1 aromatic heterocycles. The first kappa shape index (κ1) is 12.3. The van der Waals surface area contributed by atoms with Gasteiger partial charge in [-0.25, -0.2) is 4.98 Å². The van der Waals surface area contributed by atoms with E-state index in [-0.39, 0.29) is 0 Å². The first-order valence-corrected chi connectivity index (χ1v) is 6.53. The van der Waals surface area contributed by atoms with Gasteiger partial charge in [0.2, 0.25) is 0 Å². The van der Waals surface area contributed by atoms with Crippen molar-refractivity contribution < 1.29 is 4.74 Å². The molecule has 0 atom stereocenters. The van der Waals surface area contributed by atoms with Crippen LogP contribution in [0, 0.1) is 0 Å². The maximum Gasteiger partial charge on any atom is 0.118 e. The van der Waals surface area contributed by atoms with Crippen LogP contribution in [0.2, 0.25) is 0 Å². The number of anilines is 1. The van der Waals surface area contributed by atoms with Crippen LogP contribution >= 0.6 is 27.7 Å². The number of pyridine rings is 1. The maximum atomic E-state index is 5.64. The Bertz CT molecular complexity index is 516. The van der Waals surface area contributed by atoms with Gasteiger partial charge in [-0.15, -0.1) is 0 Å². The summed E-state index contributed by atoms with van der Waals surface area (Å²) in [5.74, 6) is 0.846. The predicted octanol–water partition coefficient (Wildman–Crippen LogP) is 3.59. The second-order valence-electron chi connectivity index (χ2n) is 3.33. The molecule has 0 bridgehead atoms. The number of aromatic nitrogens is 1. The number of nitrogen functional groups attached to an aromatic ring is 1. The fourth-order valence-electron chi connectivity index (χ4n) is 1.27. The number of halogens is 1. The lowest BCUT2D eigenvalue weighted by Gasteiger charge is -2.05. The van der Waals surface area contributed by atoms with E-state index in [0.717, 1.165) is 20.1 Å². The largest absolute Gasteiger partial charge is 0.497 e. The molecule has 1 heterocycles. The molecule has 0 spiro atoms. The zero-order chi connectivity index (χ0) is 12.3. The smallest absolute Gasteiger partial charge is 0.118 e. The number of hydrogen-bond acceptors (Lipinski definition) is 4. The zero-order valence-corrected chi connectivity index (χ0v) is 11.6. The Morgan fingerprint density at radius 1 is 1.29 bits per heavy atom. The Labute approximate surface area is 113 Å². The number of rotatable bonds is 3. The summed E-state index contributed by atoms with van der Waals surface area (Å²) in [5.41, 5.74) is 6.29. The van der Waals surface area contributed by atoms with E-state index in [9.17, 15) is 0 Å². The lowest BCUT2D eigenvalue weighted by atomic mass is 10.3. The molecule has 88 valence electrons. The summed E-state index contributed by atoms with van der Waals surface area (Å²) in [6, 6.07) is 9.68. The Morgan fingerprint density at radius 2 is 2.00 bits per heavy atom. The third kappa shape index (κ3) is 3.14. The Kier molecular flexibility index (Phi) is 3.91. The molecule has 0 amide bonds. The summed E-state index contributed by atoms with van der Waals surface area (Å²) < 4.78 is 6.01. The van der Waals surface area contributed by atoms with Gasteiger partial charge >= 0.3 is 0 Å². The predicted molar refractivity (Wildman–Crippen MR) is 73.5 cm³/mol. The third-order valence-electron chi connectivity index (χ3n) is 2.10. The molecule has 5 heteroatoms. The van der Waals surface area contributed by atoms with Gasteiger partial charge in [0.25, 0.3) is 0 Å². The van der Waals surface area contributed by atoms with Gasteiger partial charge < -0.3 is 10.5 Å². The molecule has 3 nitrogen and oxygen atoms in total. The third-order valence-corrected chi connectivity index (χ3v) is 4.00. The van der Waals surface area contributed by atoms with E-state index >= 15 is 0 Å². The Morgan fingerprint density at radius 3 is 2.59 bits per heavy atom. The fraction of sp³-hybridized carbons (Fsp3) is 0.0833. The number of benzene rings is 1. The van der Waals surface area contributed by atoms with E-state index in [1.165, 1.54) is 0 Å². The van der Waals surface area contributed by atoms with Crippen LogP contribution in [-0.4, -0.2) is 12.1 Å². The minimum absolute atomic E-state index is 0.649. The molecule has 17 heavy (non-hydrogen) atoms. The minimum atomic E-state index is 0.649. The van der Waals surface area contributed by atoms with Crippen LogP contribution in [0.5, 0.6) is 5.75 Å². The van der Waals surface area contributed by atoms with Crippen LogP contribution in [-0.2, 0) is 0 Å². The van der Waals surface area contributed by atoms with Gasteiger partial charge in [0.1, 0.15) is 10.8 Å². The molecule has 2 aromatic rings. The fourth-order valence-corrected chi connectivity index (χ4v) is 2.64. The van der Waals surface area contributed by atoms with E-state index in [4.69, 9.17) is 10.5 Å². The number of hydrogen-bond donors (Lipinski definition) is 1. The van der Waals surface area contributed by atoms with Crippen molar-refractivity contribution in [2.24, 2.45) is 0 Å². The normalized spacial score (nSPS) is 10.2. The molecule has 0 aliphatic carbocycles. The molecule has 2 rings (SSSR count). The van der Waals surface area contributed by atoms with Crippen molar-refractivity contribution in [3.63, 3.8) is 0 Å². The van der Waals surface area contributed by atoms with E-state index in [0.29, 0.717) is 5.69 Å². The molecular weight excluding hydrogens is 300 g/mol. The lowest BCUT2D eigenvalue weighted by molar-refractivity contribution is 0.414. The first-order chi connectivity index (χ1) is 8.19. The van der Waals surface area contributed by atoms with Crippen LogP contribution in [0.15, 0.2) is 50.9 Å². The van der Waals surface area contributed by atoms with Crippen molar-refractivity contribution in [1.82, 2.24) is 4.98 Å². The van der Waals surface area contributed by atoms with E-state index in [1.54, 1.807) is 25.1 Å². The van der Waals surface area contributed by atoms with E-state index in [1.807, 2.05) is 30.3 Å². The molecule has 0 aliphatic rings. The second-order valence-corrected chi connectivity index (χ2v) is 5.25. The van der Waals surface area contributed by atoms with Gasteiger partial charge in [0, 0.05) is 4.90 Å². The van der Waals surface area contributed by atoms with Crippen molar-refractivity contribution in [2.45, 2.75) is 9.92 Å². The van der Waals surface area contributed by atoms with Crippen LogP contribution < -0.4 is 10.5 Å². The number of nitrogens with zero attached hydrogens (tertiary/aromatic N) is 1. The highest BCUT2D eigenvalue weighted by Crippen LogP contribution is 2.33. The summed E-state index contributed by atoms with van der Waals surface area (Å²) in [6.45, 7) is 0. The molecule has 1 aromatic carbocycles. The van der Waals surface area contributed by atoms with Crippen molar-refractivity contribution >= 4 is 33.4 Å². The van der Waals surface area contributed by atoms with Crippen molar-refractivity contribution in [3.05, 3.63) is 41.0 Å². The van der Waals surface area contributed by atoms with Crippen LogP contribution in [0.3, 0.4) is 0 Å². The van der Waals surface area contributed by atoms with Gasteiger partial charge in [0.15, 0.2) is 0 Å². The first-order valence-electron chi connectivity index (χ1n) is 4.92. The van der Waals surface area contributed by atoms with Gasteiger partial charge in [-0.3, -0.25) is 0 Å². The molecule has 0 saturated heterocycles. The monoisotopic (exact) mass is 310 g/mol. The molecule has 0 fully saturated rings. The van der Waals surface area contributed by atoms with Gasteiger partial charge in [-0.05, 0) is 46.3 Å². The van der Waals surface area contributed by atoms with Gasteiger partial charge in [-0.1, -0.05) is 11.8 Å². The average Bonchev–Trinajstić information content (AvgIpc) is 2.34. The Balaban J connectivity index is 2.19. The molecule has 0 aliphatic heterocycles. The molecular formula is C12H11BrN2OS.